The van der Waals surface area contributed by atoms with Crippen molar-refractivity contribution in [3.05, 3.63) is 0 Å². The van der Waals surface area contributed by atoms with E-state index in [-0.39, 0.29) is 30.5 Å². The lowest BCUT2D eigenvalue weighted by Gasteiger charge is -2.27. The van der Waals surface area contributed by atoms with Crippen LogP contribution in [0.2, 0.25) is 0 Å². The first-order chi connectivity index (χ1) is 10.3. The van der Waals surface area contributed by atoms with E-state index in [1.165, 1.54) is 0 Å². The Morgan fingerprint density at radius 1 is 1.23 bits per heavy atom. The first-order valence-electron chi connectivity index (χ1n) is 8.23. The third-order valence-corrected chi connectivity index (χ3v) is 5.96. The van der Waals surface area contributed by atoms with Crippen LogP contribution in [0.4, 0.5) is 0 Å². The van der Waals surface area contributed by atoms with Crippen molar-refractivity contribution < 1.29 is 23.9 Å². The van der Waals surface area contributed by atoms with Crippen LogP contribution in [0.1, 0.15) is 46.5 Å². The van der Waals surface area contributed by atoms with Gasteiger partial charge >= 0.3 is 11.9 Å². The van der Waals surface area contributed by atoms with Crippen LogP contribution in [0.15, 0.2) is 0 Å². The zero-order chi connectivity index (χ0) is 16.1. The normalized spacial score (nSPS) is 35.8. The molecule has 5 atom stereocenters. The van der Waals surface area contributed by atoms with E-state index >= 15 is 0 Å². The smallest absolute Gasteiger partial charge is 0.344 e. The molecule has 3 aliphatic rings. The third kappa shape index (κ3) is 2.44. The lowest BCUT2D eigenvalue weighted by molar-refractivity contribution is -0.170. The molecule has 22 heavy (non-hydrogen) atoms. The van der Waals surface area contributed by atoms with E-state index in [0.717, 1.165) is 12.8 Å². The van der Waals surface area contributed by atoms with Gasteiger partial charge < -0.3 is 9.47 Å². The van der Waals surface area contributed by atoms with Crippen molar-refractivity contribution in [3.8, 4) is 0 Å². The first kappa shape index (κ1) is 15.5. The second-order valence-corrected chi connectivity index (χ2v) is 7.60. The molecule has 0 N–H and O–H groups in total. The van der Waals surface area contributed by atoms with Crippen molar-refractivity contribution in [1.29, 1.82) is 0 Å². The fourth-order valence-corrected chi connectivity index (χ4v) is 4.30. The monoisotopic (exact) mass is 308 g/mol. The number of ketones is 1. The van der Waals surface area contributed by atoms with Gasteiger partial charge in [0.05, 0.1) is 5.41 Å². The molecular weight excluding hydrogens is 284 g/mol. The van der Waals surface area contributed by atoms with Gasteiger partial charge in [-0.1, -0.05) is 6.92 Å². The SMILES string of the molecule is CCC(C)(C)C(=O)OCC(=O)OC1C2CC3C(=O)CC1C3C2. The van der Waals surface area contributed by atoms with Crippen LogP contribution in [0, 0.1) is 29.1 Å². The average molecular weight is 308 g/mol. The molecule has 5 unspecified atom stereocenters. The Hall–Kier alpha value is -1.39. The highest BCUT2D eigenvalue weighted by atomic mass is 16.6. The van der Waals surface area contributed by atoms with E-state index in [1.807, 2.05) is 6.92 Å². The van der Waals surface area contributed by atoms with Gasteiger partial charge in [0.2, 0.25) is 0 Å². The summed E-state index contributed by atoms with van der Waals surface area (Å²) in [4.78, 5) is 35.7. The molecule has 0 aromatic rings. The van der Waals surface area contributed by atoms with Gasteiger partial charge in [0, 0.05) is 18.3 Å². The predicted molar refractivity (Wildman–Crippen MR) is 77.7 cm³/mol. The molecule has 0 aliphatic heterocycles. The fraction of sp³-hybridized carbons (Fsp3) is 0.824. The molecule has 0 radical (unpaired) electrons. The fourth-order valence-electron chi connectivity index (χ4n) is 4.30. The summed E-state index contributed by atoms with van der Waals surface area (Å²) in [6.07, 6.45) is 2.91. The molecule has 0 aromatic heterocycles. The largest absolute Gasteiger partial charge is 0.459 e. The molecule has 2 bridgehead atoms. The summed E-state index contributed by atoms with van der Waals surface area (Å²) in [5.74, 6) is 0.614. The molecule has 0 aromatic carbocycles. The number of carbonyl (C=O) groups is 3. The number of Topliss-reactive ketones (excluding diaryl/α,β-unsaturated/α-hetero) is 1. The van der Waals surface area contributed by atoms with Gasteiger partial charge in [0.25, 0.3) is 0 Å². The highest BCUT2D eigenvalue weighted by Crippen LogP contribution is 2.59. The quantitative estimate of drug-likeness (QED) is 0.728. The summed E-state index contributed by atoms with van der Waals surface area (Å²) in [7, 11) is 0. The summed E-state index contributed by atoms with van der Waals surface area (Å²) in [6, 6.07) is 0. The van der Waals surface area contributed by atoms with E-state index < -0.39 is 11.4 Å². The molecule has 0 heterocycles. The predicted octanol–water partition coefficient (Wildman–Crippen LogP) is 2.12. The van der Waals surface area contributed by atoms with Gasteiger partial charge in [-0.3, -0.25) is 9.59 Å². The maximum Gasteiger partial charge on any atom is 0.344 e. The van der Waals surface area contributed by atoms with Crippen molar-refractivity contribution in [3.63, 3.8) is 0 Å². The number of fused-ring (bicyclic) bond motifs is 1. The highest BCUT2D eigenvalue weighted by Gasteiger charge is 2.60. The zero-order valence-electron chi connectivity index (χ0n) is 13.5. The van der Waals surface area contributed by atoms with Gasteiger partial charge in [0.1, 0.15) is 11.9 Å². The van der Waals surface area contributed by atoms with Gasteiger partial charge in [0.15, 0.2) is 6.61 Å². The molecule has 5 nitrogen and oxygen atoms in total. The Labute approximate surface area is 130 Å². The second kappa shape index (κ2) is 5.36. The van der Waals surface area contributed by atoms with Gasteiger partial charge in [-0.25, -0.2) is 4.79 Å². The van der Waals surface area contributed by atoms with E-state index in [1.54, 1.807) is 13.8 Å². The van der Waals surface area contributed by atoms with Gasteiger partial charge in [-0.2, -0.15) is 0 Å². The van der Waals surface area contributed by atoms with Crippen LogP contribution in [0.25, 0.3) is 0 Å². The van der Waals surface area contributed by atoms with E-state index in [9.17, 15) is 14.4 Å². The molecule has 0 amide bonds. The average Bonchev–Trinajstić information content (AvgIpc) is 3.09. The number of esters is 2. The number of hydrogen-bond acceptors (Lipinski definition) is 5. The number of hydrogen-bond donors (Lipinski definition) is 0. The molecule has 122 valence electrons. The Morgan fingerprint density at radius 3 is 2.64 bits per heavy atom. The van der Waals surface area contributed by atoms with Crippen molar-refractivity contribution in [2.75, 3.05) is 6.61 Å². The Balaban J connectivity index is 1.51. The molecule has 3 rings (SSSR count). The van der Waals surface area contributed by atoms with Crippen molar-refractivity contribution >= 4 is 17.7 Å². The topological polar surface area (TPSA) is 69.7 Å². The van der Waals surface area contributed by atoms with Crippen molar-refractivity contribution in [2.24, 2.45) is 29.1 Å². The van der Waals surface area contributed by atoms with Crippen LogP contribution < -0.4 is 0 Å². The zero-order valence-corrected chi connectivity index (χ0v) is 13.5. The van der Waals surface area contributed by atoms with Crippen LogP contribution in [-0.4, -0.2) is 30.4 Å². The highest BCUT2D eigenvalue weighted by molar-refractivity contribution is 5.85. The minimum Gasteiger partial charge on any atom is -0.459 e. The van der Waals surface area contributed by atoms with Crippen LogP contribution >= 0.6 is 0 Å². The second-order valence-electron chi connectivity index (χ2n) is 7.60. The van der Waals surface area contributed by atoms with Crippen LogP contribution in [-0.2, 0) is 23.9 Å². The molecule has 0 saturated heterocycles. The molecule has 3 saturated carbocycles. The Bertz CT molecular complexity index is 509. The third-order valence-electron chi connectivity index (χ3n) is 5.96. The Morgan fingerprint density at radius 2 is 1.95 bits per heavy atom. The molecular formula is C17H24O5. The molecule has 3 fully saturated rings. The van der Waals surface area contributed by atoms with Gasteiger partial charge in [-0.15, -0.1) is 0 Å². The van der Waals surface area contributed by atoms with E-state index in [4.69, 9.17) is 9.47 Å². The summed E-state index contributed by atoms with van der Waals surface area (Å²) < 4.78 is 10.6. The summed E-state index contributed by atoms with van der Waals surface area (Å²) in [6.45, 7) is 5.16. The lowest BCUT2D eigenvalue weighted by Crippen LogP contribution is -2.34. The lowest BCUT2D eigenvalue weighted by atomic mass is 9.86. The van der Waals surface area contributed by atoms with E-state index in [2.05, 4.69) is 0 Å². The molecule has 3 aliphatic carbocycles. The number of carbonyl (C=O) groups excluding carboxylic acids is 3. The van der Waals surface area contributed by atoms with Crippen molar-refractivity contribution in [2.45, 2.75) is 52.6 Å². The van der Waals surface area contributed by atoms with Crippen molar-refractivity contribution in [1.82, 2.24) is 0 Å². The standard InChI is InChI=1S/C17H24O5/c1-4-17(2,3)16(20)21-8-14(19)22-15-9-5-10-11(6-9)13(18)7-12(10)15/h9-12,15H,4-8H2,1-3H3. The summed E-state index contributed by atoms with van der Waals surface area (Å²) >= 11 is 0. The maximum absolute atomic E-state index is 12.0. The number of ether oxygens (including phenoxy) is 2. The van der Waals surface area contributed by atoms with Crippen LogP contribution in [0.5, 0.6) is 0 Å². The molecule has 0 spiro atoms. The summed E-state index contributed by atoms with van der Waals surface area (Å²) in [5, 5.41) is 0. The minimum absolute atomic E-state index is 0.155. The number of rotatable bonds is 5. The maximum atomic E-state index is 12.0. The van der Waals surface area contributed by atoms with E-state index in [0.29, 0.717) is 30.5 Å². The minimum atomic E-state index is -0.586. The first-order valence-corrected chi connectivity index (χ1v) is 8.23. The van der Waals surface area contributed by atoms with Crippen LogP contribution in [0.3, 0.4) is 0 Å². The molecule has 5 heteroatoms. The Kier molecular flexibility index (Phi) is 3.77. The van der Waals surface area contributed by atoms with Gasteiger partial charge in [-0.05, 0) is 44.9 Å². The summed E-state index contributed by atoms with van der Waals surface area (Å²) in [5.41, 5.74) is -0.586.